The summed E-state index contributed by atoms with van der Waals surface area (Å²) >= 11 is 0. The van der Waals surface area contributed by atoms with Gasteiger partial charge in [-0.15, -0.1) is 6.58 Å². The largest absolute Gasteiger partial charge is 0.507 e. The third-order valence-corrected chi connectivity index (χ3v) is 2.75. The van der Waals surface area contributed by atoms with Crippen molar-refractivity contribution in [2.75, 3.05) is 0 Å². The molecular formula is C14H14O3. The second-order valence-corrected chi connectivity index (χ2v) is 4.17. The summed E-state index contributed by atoms with van der Waals surface area (Å²) in [5.41, 5.74) is 2.08. The molecule has 3 heteroatoms. The van der Waals surface area contributed by atoms with E-state index in [1.807, 2.05) is 26.0 Å². The van der Waals surface area contributed by atoms with E-state index in [4.69, 9.17) is 4.42 Å². The summed E-state index contributed by atoms with van der Waals surface area (Å²) in [6.07, 6.45) is 1.87. The second-order valence-electron chi connectivity index (χ2n) is 4.17. The van der Waals surface area contributed by atoms with E-state index in [1.165, 1.54) is 0 Å². The predicted molar refractivity (Wildman–Crippen MR) is 67.5 cm³/mol. The van der Waals surface area contributed by atoms with Gasteiger partial charge in [-0.05, 0) is 31.0 Å². The van der Waals surface area contributed by atoms with Crippen LogP contribution in [0.2, 0.25) is 0 Å². The van der Waals surface area contributed by atoms with Gasteiger partial charge in [-0.1, -0.05) is 12.1 Å². The molecule has 1 N–H and O–H groups in total. The Morgan fingerprint density at radius 3 is 2.76 bits per heavy atom. The van der Waals surface area contributed by atoms with E-state index in [9.17, 15) is 9.90 Å². The van der Waals surface area contributed by atoms with E-state index in [0.717, 1.165) is 11.1 Å². The highest BCUT2D eigenvalue weighted by molar-refractivity contribution is 5.87. The van der Waals surface area contributed by atoms with Crippen molar-refractivity contribution in [3.05, 3.63) is 51.9 Å². The molecule has 0 aliphatic carbocycles. The standard InChI is InChI=1S/C14H14O3/c1-4-5-10-12(15)11-7-8(2)6-9(3)13(11)17-14(10)16/h4,6-7,15H,1,5H2,2-3H3. The molecule has 0 saturated heterocycles. The lowest BCUT2D eigenvalue weighted by Gasteiger charge is -2.07. The lowest BCUT2D eigenvalue weighted by atomic mass is 10.0. The molecule has 1 aromatic carbocycles. The van der Waals surface area contributed by atoms with Crippen molar-refractivity contribution in [3.63, 3.8) is 0 Å². The summed E-state index contributed by atoms with van der Waals surface area (Å²) in [5, 5.41) is 10.7. The van der Waals surface area contributed by atoms with Crippen LogP contribution in [-0.2, 0) is 6.42 Å². The summed E-state index contributed by atoms with van der Waals surface area (Å²) in [6.45, 7) is 7.35. The SMILES string of the molecule is C=CCc1c(O)c2cc(C)cc(C)c2oc1=O. The number of rotatable bonds is 2. The van der Waals surface area contributed by atoms with Crippen molar-refractivity contribution in [1.29, 1.82) is 0 Å². The summed E-state index contributed by atoms with van der Waals surface area (Å²) in [6, 6.07) is 3.73. The molecule has 88 valence electrons. The predicted octanol–water partition coefficient (Wildman–Crippen LogP) is 2.84. The maximum atomic E-state index is 11.7. The highest BCUT2D eigenvalue weighted by atomic mass is 16.4. The van der Waals surface area contributed by atoms with Gasteiger partial charge in [0.15, 0.2) is 0 Å². The molecule has 3 nitrogen and oxygen atoms in total. The number of aryl methyl sites for hydroxylation is 2. The van der Waals surface area contributed by atoms with Gasteiger partial charge >= 0.3 is 5.63 Å². The number of allylic oxidation sites excluding steroid dienone is 1. The molecule has 0 bridgehead atoms. The monoisotopic (exact) mass is 230 g/mol. The van der Waals surface area contributed by atoms with Crippen LogP contribution in [0.5, 0.6) is 5.75 Å². The summed E-state index contributed by atoms with van der Waals surface area (Å²) in [7, 11) is 0. The van der Waals surface area contributed by atoms with Gasteiger partial charge < -0.3 is 9.52 Å². The Bertz CT molecular complexity index is 651. The Hall–Kier alpha value is -2.03. The van der Waals surface area contributed by atoms with Crippen LogP contribution in [0.15, 0.2) is 34.0 Å². The number of hydrogen-bond acceptors (Lipinski definition) is 3. The zero-order valence-electron chi connectivity index (χ0n) is 9.91. The van der Waals surface area contributed by atoms with Crippen molar-refractivity contribution in [2.24, 2.45) is 0 Å². The van der Waals surface area contributed by atoms with Crippen molar-refractivity contribution in [1.82, 2.24) is 0 Å². The molecule has 0 aliphatic rings. The van der Waals surface area contributed by atoms with Gasteiger partial charge in [-0.3, -0.25) is 0 Å². The quantitative estimate of drug-likeness (QED) is 0.637. The fourth-order valence-electron chi connectivity index (χ4n) is 2.00. The summed E-state index contributed by atoms with van der Waals surface area (Å²) in [4.78, 5) is 11.7. The highest BCUT2D eigenvalue weighted by Crippen LogP contribution is 2.29. The maximum absolute atomic E-state index is 11.7. The lowest BCUT2D eigenvalue weighted by molar-refractivity contribution is 0.458. The van der Waals surface area contributed by atoms with Crippen LogP contribution < -0.4 is 5.63 Å². The molecule has 0 atom stereocenters. The van der Waals surface area contributed by atoms with Gasteiger partial charge in [-0.2, -0.15) is 0 Å². The fourth-order valence-corrected chi connectivity index (χ4v) is 2.00. The number of benzene rings is 1. The smallest absolute Gasteiger partial charge is 0.343 e. The van der Waals surface area contributed by atoms with Crippen molar-refractivity contribution < 1.29 is 9.52 Å². The summed E-state index contributed by atoms with van der Waals surface area (Å²) < 4.78 is 5.25. The Labute approximate surface area is 99.0 Å². The number of hydrogen-bond donors (Lipinski definition) is 1. The van der Waals surface area contributed by atoms with Crippen LogP contribution in [0, 0.1) is 13.8 Å². The topological polar surface area (TPSA) is 50.4 Å². The van der Waals surface area contributed by atoms with Gasteiger partial charge in [0.25, 0.3) is 0 Å². The first-order valence-corrected chi connectivity index (χ1v) is 5.41. The first kappa shape index (κ1) is 11.5. The average molecular weight is 230 g/mol. The Balaban J connectivity index is 2.91. The second kappa shape index (κ2) is 4.09. The molecule has 0 aliphatic heterocycles. The molecule has 0 unspecified atom stereocenters. The summed E-state index contributed by atoms with van der Waals surface area (Å²) in [5.74, 6) is 0.00273. The van der Waals surface area contributed by atoms with Crippen LogP contribution in [0.4, 0.5) is 0 Å². The van der Waals surface area contributed by atoms with E-state index in [1.54, 1.807) is 6.08 Å². The van der Waals surface area contributed by atoms with Gasteiger partial charge in [-0.25, -0.2) is 4.79 Å². The first-order valence-electron chi connectivity index (χ1n) is 5.41. The zero-order chi connectivity index (χ0) is 12.6. The molecule has 0 spiro atoms. The average Bonchev–Trinajstić information content (AvgIpc) is 2.26. The molecule has 0 saturated carbocycles. The molecule has 17 heavy (non-hydrogen) atoms. The van der Waals surface area contributed by atoms with Crippen molar-refractivity contribution in [2.45, 2.75) is 20.3 Å². The van der Waals surface area contributed by atoms with Crippen LogP contribution in [0.1, 0.15) is 16.7 Å². The van der Waals surface area contributed by atoms with Gasteiger partial charge in [0.2, 0.25) is 0 Å². The van der Waals surface area contributed by atoms with E-state index in [2.05, 4.69) is 6.58 Å². The van der Waals surface area contributed by atoms with Crippen LogP contribution >= 0.6 is 0 Å². The number of aromatic hydroxyl groups is 1. The highest BCUT2D eigenvalue weighted by Gasteiger charge is 2.14. The lowest BCUT2D eigenvalue weighted by Crippen LogP contribution is -2.07. The van der Waals surface area contributed by atoms with Crippen LogP contribution in [0.3, 0.4) is 0 Å². The van der Waals surface area contributed by atoms with Crippen molar-refractivity contribution >= 4 is 11.0 Å². The Morgan fingerprint density at radius 1 is 1.41 bits per heavy atom. The molecule has 1 aromatic heterocycles. The third-order valence-electron chi connectivity index (χ3n) is 2.75. The molecule has 0 fully saturated rings. The van der Waals surface area contributed by atoms with Crippen LogP contribution in [-0.4, -0.2) is 5.11 Å². The van der Waals surface area contributed by atoms with Gasteiger partial charge in [0, 0.05) is 6.42 Å². The van der Waals surface area contributed by atoms with E-state index >= 15 is 0 Å². The molecule has 2 rings (SSSR count). The molecular weight excluding hydrogens is 216 g/mol. The molecule has 0 radical (unpaired) electrons. The minimum absolute atomic E-state index is 0.00273. The molecule has 2 aromatic rings. The third kappa shape index (κ3) is 1.84. The first-order chi connectivity index (χ1) is 8.04. The van der Waals surface area contributed by atoms with Crippen molar-refractivity contribution in [3.8, 4) is 5.75 Å². The minimum Gasteiger partial charge on any atom is -0.507 e. The Morgan fingerprint density at radius 2 is 2.12 bits per heavy atom. The van der Waals surface area contributed by atoms with E-state index < -0.39 is 5.63 Å². The normalized spacial score (nSPS) is 10.7. The fraction of sp³-hybridized carbons (Fsp3) is 0.214. The van der Waals surface area contributed by atoms with Gasteiger partial charge in [0.1, 0.15) is 11.3 Å². The number of fused-ring (bicyclic) bond motifs is 1. The minimum atomic E-state index is -0.498. The molecule has 0 amide bonds. The van der Waals surface area contributed by atoms with E-state index in [0.29, 0.717) is 17.4 Å². The Kier molecular flexibility index (Phi) is 2.76. The van der Waals surface area contributed by atoms with Gasteiger partial charge in [0.05, 0.1) is 10.9 Å². The maximum Gasteiger partial charge on any atom is 0.343 e. The van der Waals surface area contributed by atoms with E-state index in [-0.39, 0.29) is 11.3 Å². The zero-order valence-corrected chi connectivity index (χ0v) is 9.91. The van der Waals surface area contributed by atoms with Crippen LogP contribution in [0.25, 0.3) is 11.0 Å². The molecule has 1 heterocycles.